The normalized spacial score (nSPS) is 20.3. The molecule has 1 aromatic heterocycles. The molecule has 0 radical (unpaired) electrons. The summed E-state index contributed by atoms with van der Waals surface area (Å²) in [4.78, 5) is 34.3. The van der Waals surface area contributed by atoms with Gasteiger partial charge in [-0.05, 0) is 60.7 Å². The third-order valence-corrected chi connectivity index (χ3v) is 6.56. The lowest BCUT2D eigenvalue weighted by molar-refractivity contribution is -0.140. The highest BCUT2D eigenvalue weighted by Crippen LogP contribution is 2.39. The molecule has 0 saturated carbocycles. The number of aliphatic hydroxyl groups is 1. The van der Waals surface area contributed by atoms with Gasteiger partial charge in [0.2, 0.25) is 0 Å². The molecule has 36 heavy (non-hydrogen) atoms. The molecule has 2 aliphatic rings. The van der Waals surface area contributed by atoms with E-state index in [0.717, 1.165) is 42.9 Å². The van der Waals surface area contributed by atoms with Crippen LogP contribution < -0.4 is 4.74 Å². The van der Waals surface area contributed by atoms with Crippen molar-refractivity contribution in [3.05, 3.63) is 65.0 Å². The second-order valence-corrected chi connectivity index (χ2v) is 9.77. The summed E-state index contributed by atoms with van der Waals surface area (Å²) >= 11 is 0. The number of Topliss-reactive ketones (excluding diaryl/α,β-unsaturated/α-hetero) is 1. The lowest BCUT2D eigenvalue weighted by Crippen LogP contribution is -2.38. The number of aliphatic hydroxyl groups excluding tert-OH is 1. The molecule has 2 aliphatic heterocycles. The predicted molar refractivity (Wildman–Crippen MR) is 137 cm³/mol. The van der Waals surface area contributed by atoms with Gasteiger partial charge in [0.1, 0.15) is 11.5 Å². The summed E-state index contributed by atoms with van der Waals surface area (Å²) in [7, 11) is 0. The van der Waals surface area contributed by atoms with Gasteiger partial charge in [-0.1, -0.05) is 13.8 Å². The van der Waals surface area contributed by atoms with Gasteiger partial charge in [-0.15, -0.1) is 0 Å². The van der Waals surface area contributed by atoms with Crippen LogP contribution in [0.25, 0.3) is 5.76 Å². The number of hydrogen-bond acceptors (Lipinski definition) is 7. The number of ether oxygens (including phenoxy) is 2. The Hall–Kier alpha value is -3.23. The third-order valence-electron chi connectivity index (χ3n) is 6.56. The van der Waals surface area contributed by atoms with Crippen LogP contribution in [-0.2, 0) is 14.3 Å². The van der Waals surface area contributed by atoms with Crippen molar-refractivity contribution in [2.45, 2.75) is 33.2 Å². The third kappa shape index (κ3) is 5.77. The summed E-state index contributed by atoms with van der Waals surface area (Å²) in [6.07, 6.45) is 3.98. The van der Waals surface area contributed by atoms with Crippen molar-refractivity contribution >= 4 is 17.4 Å². The van der Waals surface area contributed by atoms with Gasteiger partial charge in [-0.3, -0.25) is 19.5 Å². The molecule has 1 unspecified atom stereocenters. The maximum absolute atomic E-state index is 13.2. The Morgan fingerprint density at radius 3 is 2.53 bits per heavy atom. The highest BCUT2D eigenvalue weighted by Gasteiger charge is 2.45. The molecule has 1 atom stereocenters. The molecule has 2 fully saturated rings. The maximum Gasteiger partial charge on any atom is 0.295 e. The highest BCUT2D eigenvalue weighted by atomic mass is 16.5. The van der Waals surface area contributed by atoms with E-state index in [0.29, 0.717) is 37.8 Å². The first kappa shape index (κ1) is 25.9. The zero-order chi connectivity index (χ0) is 25.7. The van der Waals surface area contributed by atoms with E-state index in [1.165, 1.54) is 0 Å². The Labute approximate surface area is 212 Å². The standard InChI is InChI=1S/C28H35N3O5/c1-19(2)18-36-23-6-5-22(17-20(23)3)26(32)24-25(21-7-9-29-10-8-21)31(28(34)27(24)33)12-4-11-30-13-15-35-16-14-30/h5-10,17,19,25,32H,4,11-16,18H2,1-3H3/b26-24-. The smallest absolute Gasteiger partial charge is 0.295 e. The van der Waals surface area contributed by atoms with Crippen LogP contribution in [0, 0.1) is 12.8 Å². The number of nitrogens with zero attached hydrogens (tertiary/aromatic N) is 3. The van der Waals surface area contributed by atoms with E-state index in [4.69, 9.17) is 9.47 Å². The number of carbonyl (C=O) groups excluding carboxylic acids is 2. The fraction of sp³-hybridized carbons (Fsp3) is 0.464. The van der Waals surface area contributed by atoms with Crippen LogP contribution in [0.2, 0.25) is 0 Å². The van der Waals surface area contributed by atoms with E-state index in [1.807, 2.05) is 6.92 Å². The number of pyridine rings is 1. The van der Waals surface area contributed by atoms with Crippen LogP contribution in [0.5, 0.6) is 5.75 Å². The number of morpholine rings is 1. The van der Waals surface area contributed by atoms with E-state index in [-0.39, 0.29) is 11.3 Å². The lowest BCUT2D eigenvalue weighted by Gasteiger charge is -2.29. The molecule has 0 aliphatic carbocycles. The van der Waals surface area contributed by atoms with E-state index >= 15 is 0 Å². The van der Waals surface area contributed by atoms with Gasteiger partial charge in [0.15, 0.2) is 0 Å². The van der Waals surface area contributed by atoms with Crippen molar-refractivity contribution in [1.29, 1.82) is 0 Å². The number of aryl methyl sites for hydroxylation is 1. The summed E-state index contributed by atoms with van der Waals surface area (Å²) in [5.74, 6) is -0.316. The van der Waals surface area contributed by atoms with E-state index in [9.17, 15) is 14.7 Å². The molecule has 0 spiro atoms. The lowest BCUT2D eigenvalue weighted by atomic mass is 9.95. The van der Waals surface area contributed by atoms with Crippen LogP contribution in [-0.4, -0.2) is 77.6 Å². The molecule has 4 rings (SSSR count). The summed E-state index contributed by atoms with van der Waals surface area (Å²) in [5, 5.41) is 11.3. The van der Waals surface area contributed by atoms with E-state index in [1.54, 1.807) is 47.6 Å². The van der Waals surface area contributed by atoms with Gasteiger partial charge in [0.25, 0.3) is 11.7 Å². The summed E-state index contributed by atoms with van der Waals surface area (Å²) in [6, 6.07) is 8.22. The van der Waals surface area contributed by atoms with Crippen LogP contribution in [0.1, 0.15) is 43.0 Å². The minimum absolute atomic E-state index is 0.104. The maximum atomic E-state index is 13.2. The Morgan fingerprint density at radius 2 is 1.86 bits per heavy atom. The van der Waals surface area contributed by atoms with Crippen LogP contribution in [0.4, 0.5) is 0 Å². The number of amides is 1. The van der Waals surface area contributed by atoms with Gasteiger partial charge in [0, 0.05) is 44.1 Å². The van der Waals surface area contributed by atoms with Crippen molar-refractivity contribution in [1.82, 2.24) is 14.8 Å². The van der Waals surface area contributed by atoms with Crippen LogP contribution in [0.3, 0.4) is 0 Å². The minimum Gasteiger partial charge on any atom is -0.507 e. The van der Waals surface area contributed by atoms with Crippen molar-refractivity contribution in [2.24, 2.45) is 5.92 Å². The Balaban J connectivity index is 1.63. The van der Waals surface area contributed by atoms with Gasteiger partial charge >= 0.3 is 0 Å². The molecule has 1 N–H and O–H groups in total. The van der Waals surface area contributed by atoms with Gasteiger partial charge < -0.3 is 19.5 Å². The molecule has 3 heterocycles. The molecule has 8 nitrogen and oxygen atoms in total. The summed E-state index contributed by atoms with van der Waals surface area (Å²) in [6.45, 7) is 11.0. The molecule has 2 aromatic rings. The number of carbonyl (C=O) groups is 2. The van der Waals surface area contributed by atoms with Crippen molar-refractivity contribution < 1.29 is 24.2 Å². The van der Waals surface area contributed by atoms with Crippen molar-refractivity contribution in [2.75, 3.05) is 46.0 Å². The zero-order valence-corrected chi connectivity index (χ0v) is 21.3. The molecular weight excluding hydrogens is 458 g/mol. The number of hydrogen-bond donors (Lipinski definition) is 1. The Bertz CT molecular complexity index is 1110. The van der Waals surface area contributed by atoms with E-state index < -0.39 is 17.7 Å². The summed E-state index contributed by atoms with van der Waals surface area (Å²) < 4.78 is 11.3. The van der Waals surface area contributed by atoms with Gasteiger partial charge in [-0.25, -0.2) is 0 Å². The van der Waals surface area contributed by atoms with Gasteiger partial charge in [0.05, 0.1) is 31.4 Å². The zero-order valence-electron chi connectivity index (χ0n) is 21.3. The Kier molecular flexibility index (Phi) is 8.38. The van der Waals surface area contributed by atoms with Crippen LogP contribution >= 0.6 is 0 Å². The number of ketones is 1. The topological polar surface area (TPSA) is 92.2 Å². The first-order chi connectivity index (χ1) is 17.4. The monoisotopic (exact) mass is 493 g/mol. The largest absolute Gasteiger partial charge is 0.507 e. The summed E-state index contributed by atoms with van der Waals surface area (Å²) in [5.41, 5.74) is 2.17. The second kappa shape index (κ2) is 11.7. The number of rotatable bonds is 9. The van der Waals surface area contributed by atoms with Crippen molar-refractivity contribution in [3.63, 3.8) is 0 Å². The quantitative estimate of drug-likeness (QED) is 0.324. The SMILES string of the molecule is Cc1cc(/C(O)=C2/C(=O)C(=O)N(CCCN3CCOCC3)C2c2ccncc2)ccc1OCC(C)C. The van der Waals surface area contributed by atoms with E-state index in [2.05, 4.69) is 23.7 Å². The molecular formula is C28H35N3O5. The average molecular weight is 494 g/mol. The fourth-order valence-electron chi connectivity index (χ4n) is 4.66. The number of likely N-dealkylation sites (tertiary alicyclic amines) is 1. The average Bonchev–Trinajstić information content (AvgIpc) is 3.13. The van der Waals surface area contributed by atoms with Crippen LogP contribution in [0.15, 0.2) is 48.3 Å². The second-order valence-electron chi connectivity index (χ2n) is 9.77. The fourth-order valence-corrected chi connectivity index (χ4v) is 4.66. The minimum atomic E-state index is -0.671. The van der Waals surface area contributed by atoms with Gasteiger partial charge in [-0.2, -0.15) is 0 Å². The molecule has 1 amide bonds. The predicted octanol–water partition coefficient (Wildman–Crippen LogP) is 3.57. The van der Waals surface area contributed by atoms with Crippen molar-refractivity contribution in [3.8, 4) is 5.75 Å². The molecule has 2 saturated heterocycles. The first-order valence-corrected chi connectivity index (χ1v) is 12.6. The molecule has 1 aromatic carbocycles. The molecule has 8 heteroatoms. The Morgan fingerprint density at radius 1 is 1.14 bits per heavy atom. The highest BCUT2D eigenvalue weighted by molar-refractivity contribution is 6.46. The number of aromatic nitrogens is 1. The number of benzene rings is 1. The first-order valence-electron chi connectivity index (χ1n) is 12.6. The molecule has 192 valence electrons. The molecule has 0 bridgehead atoms.